The second kappa shape index (κ2) is 8.96. The minimum atomic E-state index is 0.474. The van der Waals surface area contributed by atoms with Crippen LogP contribution in [0.2, 0.25) is 0 Å². The Kier molecular flexibility index (Phi) is 5.94. The van der Waals surface area contributed by atoms with Gasteiger partial charge >= 0.3 is 0 Å². The van der Waals surface area contributed by atoms with Gasteiger partial charge in [0.2, 0.25) is 11.7 Å². The lowest BCUT2D eigenvalue weighted by Crippen LogP contribution is -1.92. The summed E-state index contributed by atoms with van der Waals surface area (Å²) in [6, 6.07) is 13.4. The van der Waals surface area contributed by atoms with Crippen LogP contribution in [0.15, 0.2) is 52.4 Å². The van der Waals surface area contributed by atoms with E-state index in [1.165, 1.54) is 0 Å². The maximum atomic E-state index is 5.46. The quantitative estimate of drug-likeness (QED) is 0.400. The molecule has 2 heterocycles. The van der Waals surface area contributed by atoms with E-state index in [1.54, 1.807) is 25.6 Å². The normalized spacial score (nSPS) is 10.8. The molecule has 4 rings (SSSR count). The van der Waals surface area contributed by atoms with Crippen molar-refractivity contribution in [3.05, 3.63) is 58.7 Å². The fraction of sp³-hybridized carbons (Fsp3) is 0.227. The molecule has 154 valence electrons. The standard InChI is InChI=1S/C22H21N3O4S/c1-4-28-16-8-5-14(6-9-16)22-24-20(29-25-22)12-21-23-17(13-30-21)15-7-10-18(26-2)19(11-15)27-3/h5-11,13H,4,12H2,1-3H3. The molecular weight excluding hydrogens is 402 g/mol. The average molecular weight is 423 g/mol. The Morgan fingerprint density at radius 2 is 1.70 bits per heavy atom. The fourth-order valence-electron chi connectivity index (χ4n) is 2.96. The first-order valence-corrected chi connectivity index (χ1v) is 10.3. The largest absolute Gasteiger partial charge is 0.494 e. The number of hydrogen-bond acceptors (Lipinski definition) is 8. The number of benzene rings is 2. The highest BCUT2D eigenvalue weighted by molar-refractivity contribution is 7.10. The Hall–Kier alpha value is -3.39. The molecule has 0 fully saturated rings. The van der Waals surface area contributed by atoms with Crippen molar-refractivity contribution in [2.24, 2.45) is 0 Å². The molecule has 4 aromatic rings. The molecule has 2 aromatic carbocycles. The van der Waals surface area contributed by atoms with E-state index in [1.807, 2.05) is 54.8 Å². The summed E-state index contributed by atoms with van der Waals surface area (Å²) in [5.41, 5.74) is 2.69. The number of methoxy groups -OCH3 is 2. The summed E-state index contributed by atoms with van der Waals surface area (Å²) in [5.74, 6) is 3.23. The van der Waals surface area contributed by atoms with Crippen molar-refractivity contribution in [1.82, 2.24) is 15.1 Å². The van der Waals surface area contributed by atoms with Crippen LogP contribution in [0.25, 0.3) is 22.6 Å². The van der Waals surface area contributed by atoms with Gasteiger partial charge in [-0.3, -0.25) is 0 Å². The lowest BCUT2D eigenvalue weighted by molar-refractivity contribution is 0.340. The molecule has 8 heteroatoms. The average Bonchev–Trinajstić information content (AvgIpc) is 3.44. The van der Waals surface area contributed by atoms with Gasteiger partial charge in [0.05, 0.1) is 32.9 Å². The Labute approximate surface area is 178 Å². The van der Waals surface area contributed by atoms with E-state index in [2.05, 4.69) is 10.1 Å². The van der Waals surface area contributed by atoms with Crippen molar-refractivity contribution < 1.29 is 18.7 Å². The monoisotopic (exact) mass is 423 g/mol. The van der Waals surface area contributed by atoms with E-state index in [0.29, 0.717) is 36.2 Å². The molecule has 0 unspecified atom stereocenters. The van der Waals surface area contributed by atoms with Crippen LogP contribution < -0.4 is 14.2 Å². The molecule has 0 saturated carbocycles. The molecule has 0 spiro atoms. The van der Waals surface area contributed by atoms with E-state index in [9.17, 15) is 0 Å². The van der Waals surface area contributed by atoms with Crippen LogP contribution in [0.1, 0.15) is 17.8 Å². The van der Waals surface area contributed by atoms with Gasteiger partial charge in [0, 0.05) is 16.5 Å². The topological polar surface area (TPSA) is 79.5 Å². The molecule has 0 aliphatic rings. The first-order valence-electron chi connectivity index (χ1n) is 9.42. The van der Waals surface area contributed by atoms with Gasteiger partial charge in [-0.25, -0.2) is 4.98 Å². The summed E-state index contributed by atoms with van der Waals surface area (Å²) >= 11 is 1.55. The zero-order chi connectivity index (χ0) is 20.9. The fourth-order valence-corrected chi connectivity index (χ4v) is 3.75. The number of hydrogen-bond donors (Lipinski definition) is 0. The van der Waals surface area contributed by atoms with Crippen LogP contribution in [0.3, 0.4) is 0 Å². The summed E-state index contributed by atoms with van der Waals surface area (Å²) in [7, 11) is 3.23. The maximum Gasteiger partial charge on any atom is 0.233 e. The number of aromatic nitrogens is 3. The third-order valence-corrected chi connectivity index (χ3v) is 5.27. The summed E-state index contributed by atoms with van der Waals surface area (Å²) < 4.78 is 21.5. The van der Waals surface area contributed by atoms with Gasteiger partial charge < -0.3 is 18.7 Å². The molecule has 0 bridgehead atoms. The number of thiazole rings is 1. The van der Waals surface area contributed by atoms with Crippen molar-refractivity contribution in [3.63, 3.8) is 0 Å². The summed E-state index contributed by atoms with van der Waals surface area (Å²) in [4.78, 5) is 9.19. The summed E-state index contributed by atoms with van der Waals surface area (Å²) in [6.07, 6.45) is 0.474. The van der Waals surface area contributed by atoms with Crippen molar-refractivity contribution in [2.45, 2.75) is 13.3 Å². The molecule has 0 radical (unpaired) electrons. The molecule has 0 aliphatic carbocycles. The van der Waals surface area contributed by atoms with Gasteiger partial charge in [-0.05, 0) is 49.4 Å². The molecular formula is C22H21N3O4S. The number of nitrogens with zero attached hydrogens (tertiary/aromatic N) is 3. The van der Waals surface area contributed by atoms with E-state index >= 15 is 0 Å². The van der Waals surface area contributed by atoms with E-state index < -0.39 is 0 Å². The smallest absolute Gasteiger partial charge is 0.233 e. The molecule has 0 aliphatic heterocycles. The predicted octanol–water partition coefficient (Wildman–Crippen LogP) is 4.87. The summed E-state index contributed by atoms with van der Waals surface area (Å²) in [5, 5.41) is 6.98. The van der Waals surface area contributed by atoms with Gasteiger partial charge in [-0.2, -0.15) is 4.98 Å². The summed E-state index contributed by atoms with van der Waals surface area (Å²) in [6.45, 7) is 2.58. The van der Waals surface area contributed by atoms with Crippen molar-refractivity contribution in [1.29, 1.82) is 0 Å². The van der Waals surface area contributed by atoms with Crippen LogP contribution in [0.5, 0.6) is 17.2 Å². The lowest BCUT2D eigenvalue weighted by Gasteiger charge is -2.08. The SMILES string of the molecule is CCOc1ccc(-c2noc(Cc3nc(-c4ccc(OC)c(OC)c4)cs3)n2)cc1. The third-order valence-electron chi connectivity index (χ3n) is 4.43. The second-order valence-corrected chi connectivity index (χ2v) is 7.28. The van der Waals surface area contributed by atoms with Crippen LogP contribution in [0, 0.1) is 0 Å². The van der Waals surface area contributed by atoms with Crippen LogP contribution in [-0.2, 0) is 6.42 Å². The van der Waals surface area contributed by atoms with Crippen LogP contribution in [0.4, 0.5) is 0 Å². The third kappa shape index (κ3) is 4.28. The van der Waals surface area contributed by atoms with Crippen molar-refractivity contribution >= 4 is 11.3 Å². The Morgan fingerprint density at radius 3 is 2.43 bits per heavy atom. The Bertz CT molecular complexity index is 1120. The molecule has 0 atom stereocenters. The van der Waals surface area contributed by atoms with Crippen LogP contribution >= 0.6 is 11.3 Å². The molecule has 0 amide bonds. The van der Waals surface area contributed by atoms with E-state index in [4.69, 9.17) is 23.7 Å². The van der Waals surface area contributed by atoms with Crippen molar-refractivity contribution in [3.8, 4) is 39.9 Å². The van der Waals surface area contributed by atoms with Gasteiger partial charge in [-0.15, -0.1) is 11.3 Å². The van der Waals surface area contributed by atoms with Gasteiger partial charge in [0.15, 0.2) is 11.5 Å². The maximum absolute atomic E-state index is 5.46. The first-order chi connectivity index (χ1) is 14.7. The van der Waals surface area contributed by atoms with Gasteiger partial charge in [0.25, 0.3) is 0 Å². The minimum Gasteiger partial charge on any atom is -0.494 e. The van der Waals surface area contributed by atoms with Gasteiger partial charge in [-0.1, -0.05) is 5.16 Å². The number of rotatable bonds is 8. The highest BCUT2D eigenvalue weighted by Crippen LogP contribution is 2.33. The molecule has 30 heavy (non-hydrogen) atoms. The zero-order valence-electron chi connectivity index (χ0n) is 16.9. The highest BCUT2D eigenvalue weighted by Gasteiger charge is 2.13. The Morgan fingerprint density at radius 1 is 0.933 bits per heavy atom. The second-order valence-electron chi connectivity index (χ2n) is 6.34. The molecule has 7 nitrogen and oxygen atoms in total. The van der Waals surface area contributed by atoms with Gasteiger partial charge in [0.1, 0.15) is 10.8 Å². The molecule has 0 saturated heterocycles. The minimum absolute atomic E-state index is 0.474. The lowest BCUT2D eigenvalue weighted by atomic mass is 10.1. The molecule has 0 N–H and O–H groups in total. The number of ether oxygens (including phenoxy) is 3. The molecule has 2 aromatic heterocycles. The van der Waals surface area contributed by atoms with Crippen molar-refractivity contribution in [2.75, 3.05) is 20.8 Å². The van der Waals surface area contributed by atoms with E-state index in [-0.39, 0.29) is 0 Å². The highest BCUT2D eigenvalue weighted by atomic mass is 32.1. The Balaban J connectivity index is 1.48. The predicted molar refractivity (Wildman–Crippen MR) is 114 cm³/mol. The zero-order valence-corrected chi connectivity index (χ0v) is 17.7. The van der Waals surface area contributed by atoms with Crippen LogP contribution in [-0.4, -0.2) is 36.0 Å². The first kappa shape index (κ1) is 19.9. The van der Waals surface area contributed by atoms with E-state index in [0.717, 1.165) is 27.6 Å².